The van der Waals surface area contributed by atoms with E-state index in [0.717, 1.165) is 17.4 Å². The molecule has 0 saturated carbocycles. The topological polar surface area (TPSA) is 26.3 Å². The van der Waals surface area contributed by atoms with Crippen molar-refractivity contribution >= 4 is 30.7 Å². The van der Waals surface area contributed by atoms with Crippen LogP contribution in [0.25, 0.3) is 0 Å². The molecule has 0 saturated heterocycles. The first kappa shape index (κ1) is 14.7. The first-order valence-electron chi connectivity index (χ1n) is 7.00. The van der Waals surface area contributed by atoms with Crippen LogP contribution < -0.4 is 11.0 Å². The van der Waals surface area contributed by atoms with E-state index >= 15 is 0 Å². The van der Waals surface area contributed by atoms with Gasteiger partial charge < -0.3 is 8.83 Å². The van der Waals surface area contributed by atoms with Crippen molar-refractivity contribution in [1.82, 2.24) is 0 Å². The van der Waals surface area contributed by atoms with E-state index in [1.54, 1.807) is 12.5 Å². The smallest absolute Gasteiger partial charge is 0.137 e. The lowest BCUT2D eigenvalue weighted by Gasteiger charge is -2.22. The average molecular weight is 318 g/mol. The summed E-state index contributed by atoms with van der Waals surface area (Å²) in [6, 6.07) is 7.99. The first-order valence-corrected chi connectivity index (χ1v) is 9.16. The molecular formula is C17H19O2PS. The molecule has 0 fully saturated rings. The summed E-state index contributed by atoms with van der Waals surface area (Å²) in [5.41, 5.74) is 1.99. The Morgan fingerprint density at radius 3 is 2.14 bits per heavy atom. The third-order valence-electron chi connectivity index (χ3n) is 2.99. The molecule has 0 N–H and O–H groups in total. The summed E-state index contributed by atoms with van der Waals surface area (Å²) in [5.74, 6) is 0. The predicted molar refractivity (Wildman–Crippen MR) is 91.7 cm³/mol. The summed E-state index contributed by atoms with van der Waals surface area (Å²) >= 11 is 1.95. The highest BCUT2D eigenvalue weighted by atomic mass is 32.2. The van der Waals surface area contributed by atoms with Gasteiger partial charge in [0, 0.05) is 10.1 Å². The molecule has 2 nitrogen and oxygen atoms in total. The molecule has 21 heavy (non-hydrogen) atoms. The molecule has 2 heterocycles. The second-order valence-electron chi connectivity index (χ2n) is 5.87. The van der Waals surface area contributed by atoms with Gasteiger partial charge >= 0.3 is 0 Å². The van der Waals surface area contributed by atoms with E-state index in [0.29, 0.717) is 0 Å². The SMILES string of the molecule is CC(C)(C)SC1=C(P(c2ccco2)c2ccco2)C=CC1. The van der Waals surface area contributed by atoms with Gasteiger partial charge in [0.2, 0.25) is 0 Å². The molecule has 1 aliphatic rings. The van der Waals surface area contributed by atoms with Crippen LogP contribution in [-0.4, -0.2) is 4.75 Å². The summed E-state index contributed by atoms with van der Waals surface area (Å²) in [5, 5.41) is 1.36. The second-order valence-corrected chi connectivity index (χ2v) is 9.82. The Balaban J connectivity index is 2.04. The zero-order valence-corrected chi connectivity index (χ0v) is 14.2. The second kappa shape index (κ2) is 5.90. The Labute approximate surface area is 131 Å². The summed E-state index contributed by atoms with van der Waals surface area (Å²) in [6.07, 6.45) is 8.97. The van der Waals surface area contributed by atoms with Crippen LogP contribution in [-0.2, 0) is 0 Å². The zero-order chi connectivity index (χ0) is 14.9. The minimum atomic E-state index is -0.732. The van der Waals surface area contributed by atoms with E-state index < -0.39 is 7.92 Å². The Morgan fingerprint density at radius 2 is 1.67 bits per heavy atom. The highest BCUT2D eigenvalue weighted by Crippen LogP contribution is 2.52. The number of rotatable bonds is 4. The minimum absolute atomic E-state index is 0.208. The van der Waals surface area contributed by atoms with Crippen molar-refractivity contribution in [3.63, 3.8) is 0 Å². The fourth-order valence-electron chi connectivity index (χ4n) is 2.28. The molecule has 0 aromatic carbocycles. The van der Waals surface area contributed by atoms with Gasteiger partial charge in [-0.3, -0.25) is 0 Å². The molecule has 3 rings (SSSR count). The fraction of sp³-hybridized carbons (Fsp3) is 0.294. The largest absolute Gasteiger partial charge is 0.464 e. The van der Waals surface area contributed by atoms with Gasteiger partial charge in [0.1, 0.15) is 11.0 Å². The molecule has 0 unspecified atom stereocenters. The molecule has 110 valence electrons. The van der Waals surface area contributed by atoms with Crippen molar-refractivity contribution in [2.24, 2.45) is 0 Å². The Bertz CT molecular complexity index is 611. The van der Waals surface area contributed by atoms with Gasteiger partial charge in [-0.2, -0.15) is 0 Å². The minimum Gasteiger partial charge on any atom is -0.464 e. The van der Waals surface area contributed by atoms with Crippen LogP contribution >= 0.6 is 19.7 Å². The molecule has 0 bridgehead atoms. The molecule has 1 aliphatic carbocycles. The fourth-order valence-corrected chi connectivity index (χ4v) is 5.87. The number of hydrogen-bond donors (Lipinski definition) is 0. The van der Waals surface area contributed by atoms with Gasteiger partial charge in [-0.25, -0.2) is 0 Å². The molecule has 0 aliphatic heterocycles. The van der Waals surface area contributed by atoms with E-state index in [4.69, 9.17) is 8.83 Å². The molecule has 4 heteroatoms. The lowest BCUT2D eigenvalue weighted by molar-refractivity contribution is 0.593. The first-order chi connectivity index (χ1) is 10.0. The van der Waals surface area contributed by atoms with Crippen LogP contribution in [0.1, 0.15) is 27.2 Å². The normalized spacial score (nSPS) is 15.4. The quantitative estimate of drug-likeness (QED) is 0.741. The van der Waals surface area contributed by atoms with E-state index in [-0.39, 0.29) is 4.75 Å². The van der Waals surface area contributed by atoms with Gasteiger partial charge in [0.05, 0.1) is 20.4 Å². The molecule has 0 atom stereocenters. The van der Waals surface area contributed by atoms with Crippen molar-refractivity contribution in [3.05, 3.63) is 59.2 Å². The molecule has 2 aromatic heterocycles. The average Bonchev–Trinajstić information content (AvgIpc) is 3.12. The number of allylic oxidation sites excluding steroid dienone is 4. The van der Waals surface area contributed by atoms with Crippen molar-refractivity contribution < 1.29 is 8.83 Å². The lowest BCUT2D eigenvalue weighted by atomic mass is 10.3. The lowest BCUT2D eigenvalue weighted by Crippen LogP contribution is -2.11. The summed E-state index contributed by atoms with van der Waals surface area (Å²) in [6.45, 7) is 6.76. The number of thioether (sulfide) groups is 1. The third-order valence-corrected chi connectivity index (χ3v) is 6.68. The zero-order valence-electron chi connectivity index (χ0n) is 12.5. The molecule has 0 amide bonds. The van der Waals surface area contributed by atoms with Gasteiger partial charge in [0.15, 0.2) is 0 Å². The molecular weight excluding hydrogens is 299 g/mol. The maximum atomic E-state index is 5.70. The van der Waals surface area contributed by atoms with Crippen LogP contribution in [0.5, 0.6) is 0 Å². The van der Waals surface area contributed by atoms with Crippen LogP contribution in [0.3, 0.4) is 0 Å². The highest BCUT2D eigenvalue weighted by molar-refractivity contribution is 8.04. The van der Waals surface area contributed by atoms with Gasteiger partial charge in [0.25, 0.3) is 0 Å². The number of hydrogen-bond acceptors (Lipinski definition) is 3. The van der Waals surface area contributed by atoms with Gasteiger partial charge in [-0.15, -0.1) is 11.8 Å². The third kappa shape index (κ3) is 3.36. The molecule has 0 radical (unpaired) electrons. The van der Waals surface area contributed by atoms with Crippen molar-refractivity contribution in [2.75, 3.05) is 0 Å². The van der Waals surface area contributed by atoms with E-state index in [2.05, 4.69) is 32.9 Å². The number of furan rings is 2. The molecule has 2 aromatic rings. The Morgan fingerprint density at radius 1 is 1.05 bits per heavy atom. The van der Waals surface area contributed by atoms with Crippen molar-refractivity contribution in [2.45, 2.75) is 31.9 Å². The van der Waals surface area contributed by atoms with Crippen LogP contribution in [0.4, 0.5) is 0 Å². The Hall–Kier alpha value is -1.18. The standard InChI is InChI=1S/C17H19O2PS/c1-17(2,3)21-14-8-4-7-13(14)20(15-9-5-11-18-15)16-10-6-12-19-16/h4-7,9-12H,8H2,1-3H3. The van der Waals surface area contributed by atoms with Crippen LogP contribution in [0.15, 0.2) is 68.0 Å². The van der Waals surface area contributed by atoms with Crippen molar-refractivity contribution in [1.29, 1.82) is 0 Å². The van der Waals surface area contributed by atoms with E-state index in [9.17, 15) is 0 Å². The Kier molecular flexibility index (Phi) is 4.14. The van der Waals surface area contributed by atoms with Crippen LogP contribution in [0, 0.1) is 0 Å². The summed E-state index contributed by atoms with van der Waals surface area (Å²) < 4.78 is 11.6. The maximum Gasteiger partial charge on any atom is 0.137 e. The predicted octanol–water partition coefficient (Wildman–Crippen LogP) is 5.01. The van der Waals surface area contributed by atoms with E-state index in [1.807, 2.05) is 36.0 Å². The maximum absolute atomic E-state index is 5.70. The monoisotopic (exact) mass is 318 g/mol. The summed E-state index contributed by atoms with van der Waals surface area (Å²) in [4.78, 5) is 1.43. The van der Waals surface area contributed by atoms with Gasteiger partial charge in [-0.1, -0.05) is 32.9 Å². The molecule has 0 spiro atoms. The van der Waals surface area contributed by atoms with Crippen molar-refractivity contribution in [3.8, 4) is 0 Å². The highest BCUT2D eigenvalue weighted by Gasteiger charge is 2.29. The van der Waals surface area contributed by atoms with Gasteiger partial charge in [-0.05, 0) is 35.6 Å². The van der Waals surface area contributed by atoms with E-state index in [1.165, 1.54) is 10.2 Å². The van der Waals surface area contributed by atoms with Crippen LogP contribution in [0.2, 0.25) is 0 Å². The summed E-state index contributed by atoms with van der Waals surface area (Å²) in [7, 11) is -0.732.